The van der Waals surface area contributed by atoms with Crippen LogP contribution in [0.25, 0.3) is 0 Å². The van der Waals surface area contributed by atoms with E-state index in [9.17, 15) is 8.42 Å². The van der Waals surface area contributed by atoms with Gasteiger partial charge in [-0.1, -0.05) is 0 Å². The summed E-state index contributed by atoms with van der Waals surface area (Å²) in [7, 11) is 3.37. The molecule has 0 heterocycles. The second-order valence-corrected chi connectivity index (χ2v) is 15.5. The molecule has 4 aromatic rings. The number of nitrogens with two attached hydrogens (primary N) is 1. The Morgan fingerprint density at radius 1 is 0.730 bits per heavy atom. The topological polar surface area (TPSA) is 63.4 Å². The van der Waals surface area contributed by atoms with E-state index in [1.807, 2.05) is 100 Å². The summed E-state index contributed by atoms with van der Waals surface area (Å²) in [6.45, 7) is 7.97. The molecule has 0 amide bonds. The third-order valence-corrected chi connectivity index (χ3v) is 14.6. The predicted octanol–water partition coefficient (Wildman–Crippen LogP) is 6.36. The van der Waals surface area contributed by atoms with E-state index in [-0.39, 0.29) is 4.90 Å². The quantitative estimate of drug-likeness (QED) is 0.233. The molecule has 196 valence electrons. The second-order valence-electron chi connectivity index (χ2n) is 9.22. The number of nitrogens with zero attached hydrogens (tertiary/aromatic N) is 1. The Balaban J connectivity index is 2.00. The van der Waals surface area contributed by atoms with Crippen LogP contribution < -0.4 is 9.89 Å². The molecule has 0 aliphatic rings. The van der Waals surface area contributed by atoms with E-state index in [4.69, 9.17) is 15.4 Å². The van der Waals surface area contributed by atoms with Gasteiger partial charge in [0.05, 0.1) is 0 Å². The average molecular weight is 623 g/mol. The molecular formula is C30H32ClN2O2RhS. The van der Waals surface area contributed by atoms with Crippen molar-refractivity contribution in [3.63, 3.8) is 0 Å². The van der Waals surface area contributed by atoms with Crippen LogP contribution >= 0.6 is 9.69 Å². The van der Waals surface area contributed by atoms with Crippen LogP contribution in [0.1, 0.15) is 45.5 Å². The van der Waals surface area contributed by atoms with Gasteiger partial charge in [0.1, 0.15) is 0 Å². The van der Waals surface area contributed by atoms with Gasteiger partial charge in [-0.3, -0.25) is 0 Å². The van der Waals surface area contributed by atoms with Crippen LogP contribution in [0.2, 0.25) is 0 Å². The molecule has 37 heavy (non-hydrogen) atoms. The van der Waals surface area contributed by atoms with Crippen LogP contribution in [0.4, 0.5) is 0 Å². The van der Waals surface area contributed by atoms with E-state index in [0.717, 1.165) is 37.5 Å². The molecule has 0 fully saturated rings. The van der Waals surface area contributed by atoms with Gasteiger partial charge < -0.3 is 0 Å². The number of hydrogen-bond donors (Lipinski definition) is 1. The molecular weight excluding hydrogens is 591 g/mol. The van der Waals surface area contributed by atoms with Crippen molar-refractivity contribution in [2.45, 2.75) is 44.7 Å². The van der Waals surface area contributed by atoms with Crippen molar-refractivity contribution in [3.05, 3.63) is 130 Å². The fourth-order valence-corrected chi connectivity index (χ4v) is 13.0. The van der Waals surface area contributed by atoms with Crippen molar-refractivity contribution in [1.82, 2.24) is 3.05 Å². The first-order valence-corrected chi connectivity index (χ1v) is 17.1. The average Bonchev–Trinajstić information content (AvgIpc) is 2.87. The van der Waals surface area contributed by atoms with Gasteiger partial charge >= 0.3 is 231 Å². The van der Waals surface area contributed by atoms with Crippen molar-refractivity contribution in [3.8, 4) is 0 Å². The van der Waals surface area contributed by atoms with E-state index in [1.165, 1.54) is 3.05 Å². The molecule has 2 atom stereocenters. The molecule has 0 aliphatic heterocycles. The molecule has 2 N–H and O–H groups in total. The van der Waals surface area contributed by atoms with Gasteiger partial charge in [0.2, 0.25) is 0 Å². The van der Waals surface area contributed by atoms with Gasteiger partial charge in [-0.25, -0.2) is 0 Å². The number of rotatable bonds is 8. The fourth-order valence-electron chi connectivity index (χ4n) is 4.50. The molecule has 0 saturated heterocycles. The van der Waals surface area contributed by atoms with E-state index < -0.39 is 37.3 Å². The van der Waals surface area contributed by atoms with E-state index in [1.54, 1.807) is 12.1 Å². The van der Waals surface area contributed by atoms with E-state index in [2.05, 4.69) is 12.1 Å². The standard InChI is InChI=1S/C21H21N2O2S.C9H11.ClH.Rh/c1-16-12-14-19(15-13-16)26(24,25)23-21(18-10-6-3-7-11-18)20(22)17-8-4-2-5-9-17;1-7-4-8(2)6-9(3)5-7;;/h2-15,20-21H,22H2,1H3;4-5H,1-3H3;1H;/q-1;;;+2/p-1/t20-,21-;;;/m1.../s1. The van der Waals surface area contributed by atoms with Crippen molar-refractivity contribution >= 4 is 23.9 Å². The zero-order chi connectivity index (χ0) is 26.7. The van der Waals surface area contributed by atoms with Crippen molar-refractivity contribution in [2.75, 3.05) is 0 Å². The first-order valence-electron chi connectivity index (χ1n) is 12.0. The molecule has 0 spiro atoms. The van der Waals surface area contributed by atoms with E-state index >= 15 is 0 Å². The first-order chi connectivity index (χ1) is 17.6. The Morgan fingerprint density at radius 2 is 1.22 bits per heavy atom. The summed E-state index contributed by atoms with van der Waals surface area (Å²) >= 11 is -2.73. The van der Waals surface area contributed by atoms with Crippen molar-refractivity contribution in [1.29, 1.82) is 0 Å². The minimum absolute atomic E-state index is 0.206. The summed E-state index contributed by atoms with van der Waals surface area (Å²) in [4.78, 5) is 0.206. The normalized spacial score (nSPS) is 13.9. The zero-order valence-corrected chi connectivity index (χ0v) is 24.6. The summed E-state index contributed by atoms with van der Waals surface area (Å²) < 4.78 is 31.5. The number of sulfonamides is 1. The Kier molecular flexibility index (Phi) is 8.68. The van der Waals surface area contributed by atoms with Crippen molar-refractivity contribution < 1.29 is 23.6 Å². The molecule has 0 aliphatic carbocycles. The Bertz CT molecular complexity index is 1440. The summed E-state index contributed by atoms with van der Waals surface area (Å²) in [6.07, 6.45) is 0. The molecule has 4 aromatic carbocycles. The molecule has 0 radical (unpaired) electrons. The SMILES string of the molecule is Cc1ccc(S(=O)(=O)[N]([C@H](c2ccccc2)[C@H](N)c2ccccc2)[Rh]([Cl])[c]2c(C)cc(C)cc2C)cc1. The maximum absolute atomic E-state index is 14.5. The Morgan fingerprint density at radius 3 is 1.73 bits per heavy atom. The van der Waals surface area contributed by atoms with Crippen LogP contribution in [0.3, 0.4) is 0 Å². The Hall–Kier alpha value is -2.34. The summed E-state index contributed by atoms with van der Waals surface area (Å²) in [5, 5.41) is 0. The zero-order valence-electron chi connectivity index (χ0n) is 21.4. The first kappa shape index (κ1) is 27.7. The molecule has 0 aromatic heterocycles. The van der Waals surface area contributed by atoms with Crippen LogP contribution in [0.5, 0.6) is 0 Å². The molecule has 7 heteroatoms. The molecule has 4 rings (SSSR count). The van der Waals surface area contributed by atoms with Gasteiger partial charge in [0.25, 0.3) is 0 Å². The van der Waals surface area contributed by atoms with Gasteiger partial charge in [-0.2, -0.15) is 0 Å². The van der Waals surface area contributed by atoms with Crippen LogP contribution in [-0.4, -0.2) is 11.5 Å². The molecule has 0 bridgehead atoms. The van der Waals surface area contributed by atoms with Gasteiger partial charge in [-0.15, -0.1) is 0 Å². The van der Waals surface area contributed by atoms with Gasteiger partial charge in [0, 0.05) is 0 Å². The number of hydrogen-bond acceptors (Lipinski definition) is 3. The fraction of sp³-hybridized carbons (Fsp3) is 0.200. The third kappa shape index (κ3) is 5.90. The summed E-state index contributed by atoms with van der Waals surface area (Å²) in [5.74, 6) is 0. The van der Waals surface area contributed by atoms with Crippen molar-refractivity contribution in [2.24, 2.45) is 5.73 Å². The number of aryl methyl sites for hydroxylation is 4. The molecule has 4 nitrogen and oxygen atoms in total. The summed E-state index contributed by atoms with van der Waals surface area (Å²) in [5.41, 5.74) is 12.7. The second kappa shape index (κ2) is 11.6. The van der Waals surface area contributed by atoms with Crippen LogP contribution in [0, 0.1) is 27.7 Å². The van der Waals surface area contributed by atoms with Crippen LogP contribution in [-0.2, 0) is 25.2 Å². The predicted molar refractivity (Wildman–Crippen MR) is 149 cm³/mol. The maximum atomic E-state index is 14.5. The van der Waals surface area contributed by atoms with Crippen LogP contribution in [0.15, 0.2) is 102 Å². The summed E-state index contributed by atoms with van der Waals surface area (Å²) in [6, 6.07) is 28.9. The van der Waals surface area contributed by atoms with Gasteiger partial charge in [-0.05, 0) is 0 Å². The molecule has 0 unspecified atom stereocenters. The third-order valence-electron chi connectivity index (χ3n) is 6.22. The Labute approximate surface area is 230 Å². The molecule has 0 saturated carbocycles. The van der Waals surface area contributed by atoms with E-state index in [0.29, 0.717) is 0 Å². The number of halogens is 1. The monoisotopic (exact) mass is 622 g/mol. The number of benzene rings is 4. The minimum atomic E-state index is -4.03. The van der Waals surface area contributed by atoms with Gasteiger partial charge in [0.15, 0.2) is 0 Å².